The standard InChI is InChI=1S/C24H38N2O4/c1-14(2)9-17-13-26-8-7-16-10-21(28-5)22(29-6)11-18(16)19(26)12-20(17)30-24(27)23(25)15(3)4/h10-11,14-15,17,19-20,23H,7-9,12-13,25H2,1-6H3/t17?,19?,20?,23-/m0/s1/i1D3,2D3,3D3,4D3,7D2,8D2,9D2,10D,11D,12D2,13D2,14D,15D,17D,19D,20D,23D. The summed E-state index contributed by atoms with van der Waals surface area (Å²) in [5.41, 5.74) is 2.28. The molecule has 0 bridgehead atoms. The van der Waals surface area contributed by atoms with Crippen LogP contribution >= 0.6 is 0 Å². The second-order valence-electron chi connectivity index (χ2n) is 5.61. The maximum absolute atomic E-state index is 14.1. The van der Waals surface area contributed by atoms with Crippen molar-refractivity contribution in [3.63, 3.8) is 0 Å². The van der Waals surface area contributed by atoms with Crippen LogP contribution in [0.5, 0.6) is 11.5 Å². The molecule has 2 aliphatic rings. The molecule has 0 saturated carbocycles. The highest BCUT2D eigenvalue weighted by Crippen LogP contribution is 2.44. The lowest BCUT2D eigenvalue weighted by atomic mass is 9.79. The van der Waals surface area contributed by atoms with Crippen molar-refractivity contribution in [3.8, 4) is 11.5 Å². The second-order valence-corrected chi connectivity index (χ2v) is 5.61. The highest BCUT2D eigenvalue weighted by molar-refractivity contribution is 5.76. The molecule has 0 aliphatic carbocycles. The summed E-state index contributed by atoms with van der Waals surface area (Å²) in [6, 6.07) is -12.2. The number of carbonyl (C=O) groups is 1. The van der Waals surface area contributed by atoms with Gasteiger partial charge in [-0.15, -0.1) is 0 Å². The van der Waals surface area contributed by atoms with Gasteiger partial charge in [0.1, 0.15) is 12.1 Å². The average molecular weight is 449 g/mol. The van der Waals surface area contributed by atoms with Gasteiger partial charge in [0.25, 0.3) is 0 Å². The van der Waals surface area contributed by atoms with E-state index in [1.807, 2.05) is 0 Å². The van der Waals surface area contributed by atoms with Gasteiger partial charge < -0.3 is 19.9 Å². The zero-order valence-electron chi connectivity index (χ0n) is 45.7. The number of fused-ring (bicyclic) bond motifs is 3. The molecule has 2 heterocycles. The van der Waals surface area contributed by atoms with Crippen LogP contribution in [0.4, 0.5) is 0 Å². The lowest BCUT2D eigenvalue weighted by molar-refractivity contribution is -0.160. The molecule has 2 aliphatic heterocycles. The number of nitrogens with zero attached hydrogens (tertiary/aromatic N) is 1. The third kappa shape index (κ3) is 4.75. The minimum atomic E-state index is -5.51. The zero-order valence-corrected chi connectivity index (χ0v) is 15.7. The number of methoxy groups -OCH3 is 2. The Labute approximate surface area is 223 Å². The first-order valence-corrected chi connectivity index (χ1v) is 8.05. The number of nitrogens with two attached hydrogens (primary N) is 1. The van der Waals surface area contributed by atoms with E-state index in [0.29, 0.717) is 0 Å². The van der Waals surface area contributed by atoms with Crippen LogP contribution in [0.1, 0.15) is 98.4 Å². The lowest BCUT2D eigenvalue weighted by Gasteiger charge is -2.47. The number of esters is 1. The van der Waals surface area contributed by atoms with Crippen LogP contribution in [0.25, 0.3) is 0 Å². The minimum absolute atomic E-state index is 0.775. The van der Waals surface area contributed by atoms with Crippen LogP contribution in [0.15, 0.2) is 12.1 Å². The Morgan fingerprint density at radius 1 is 1.40 bits per heavy atom. The predicted molar refractivity (Wildman–Crippen MR) is 118 cm³/mol. The Balaban J connectivity index is 2.90. The molecular formula is C24H38N2O4. The lowest BCUT2D eigenvalue weighted by Crippen LogP contribution is -2.51. The molecule has 6 nitrogen and oxygen atoms in total. The summed E-state index contributed by atoms with van der Waals surface area (Å²) in [7, 11) is 1.60. The van der Waals surface area contributed by atoms with Crippen LogP contribution in [0.2, 0.25) is 0 Å². The summed E-state index contributed by atoms with van der Waals surface area (Å²) in [6.07, 6.45) is -20.0. The van der Waals surface area contributed by atoms with Crippen molar-refractivity contribution in [3.05, 3.63) is 23.2 Å². The molecular weight excluding hydrogens is 380 g/mol. The quantitative estimate of drug-likeness (QED) is 0.643. The third-order valence-electron chi connectivity index (χ3n) is 3.71. The van der Waals surface area contributed by atoms with Crippen LogP contribution in [0.3, 0.4) is 0 Å². The summed E-state index contributed by atoms with van der Waals surface area (Å²) in [4.78, 5) is 13.1. The van der Waals surface area contributed by atoms with Gasteiger partial charge in [0.2, 0.25) is 0 Å². The molecule has 168 valence electrons. The fraction of sp³-hybridized carbons (Fsp3) is 0.708. The van der Waals surface area contributed by atoms with Gasteiger partial charge in [-0.05, 0) is 47.7 Å². The number of benzene rings is 1. The SMILES string of the molecule is [2H]c1c(OC)c(OC)c([2H])c2c1C([2H])([2H])C([2H])([2H])N1C([2H])([2H])C([2H])(C([2H])([2H])C([2H])(C([2H])([2H])[2H])C([2H])([2H])[2H])C([2H])(OC(=O)[C@@]([2H])(N)C([2H])(C([2H])([2H])[2H])C([2H])([2H])[2H])C([2H])([2H])C21[2H]. The predicted octanol–water partition coefficient (Wildman–Crippen LogP) is 3.56. The number of ether oxygens (including phenoxy) is 3. The van der Waals surface area contributed by atoms with Gasteiger partial charge in [0.15, 0.2) is 11.5 Å². The van der Waals surface area contributed by atoms with Crippen LogP contribution in [-0.2, 0) is 15.9 Å². The molecule has 0 radical (unpaired) electrons. The van der Waals surface area contributed by atoms with E-state index in [1.165, 1.54) is 0 Å². The van der Waals surface area contributed by atoms with E-state index >= 15 is 0 Å². The molecule has 0 amide bonds. The van der Waals surface area contributed by atoms with Gasteiger partial charge in [0.05, 0.1) is 21.1 Å². The van der Waals surface area contributed by atoms with Crippen molar-refractivity contribution < 1.29 is 60.1 Å². The number of piperidine rings is 1. The van der Waals surface area contributed by atoms with Crippen LogP contribution < -0.4 is 15.2 Å². The van der Waals surface area contributed by atoms with Gasteiger partial charge in [-0.1, -0.05) is 27.4 Å². The van der Waals surface area contributed by atoms with Gasteiger partial charge in [-0.25, -0.2) is 0 Å². The molecule has 2 N–H and O–H groups in total. The van der Waals surface area contributed by atoms with Crippen molar-refractivity contribution in [2.24, 2.45) is 23.4 Å². The highest BCUT2D eigenvalue weighted by atomic mass is 16.5. The van der Waals surface area contributed by atoms with Crippen molar-refractivity contribution in [1.29, 1.82) is 0 Å². The van der Waals surface area contributed by atoms with Crippen LogP contribution in [-0.4, -0.2) is 50.2 Å². The van der Waals surface area contributed by atoms with E-state index in [0.717, 1.165) is 14.2 Å². The third-order valence-corrected chi connectivity index (χ3v) is 3.71. The Morgan fingerprint density at radius 2 is 2.13 bits per heavy atom. The first-order valence-electron chi connectivity index (χ1n) is 23.0. The summed E-state index contributed by atoms with van der Waals surface area (Å²) in [5, 5.41) is 0. The average Bonchev–Trinajstić information content (AvgIpc) is 3.03. The first-order chi connectivity index (χ1) is 26.0. The van der Waals surface area contributed by atoms with Crippen molar-refractivity contribution in [2.75, 3.05) is 27.2 Å². The van der Waals surface area contributed by atoms with Crippen molar-refractivity contribution in [2.45, 2.75) is 64.6 Å². The van der Waals surface area contributed by atoms with Crippen molar-refractivity contribution in [1.82, 2.24) is 4.90 Å². The Kier molecular flexibility index (Phi) is 1.84. The zero-order chi connectivity index (χ0) is 48.2. The fourth-order valence-corrected chi connectivity index (χ4v) is 2.37. The summed E-state index contributed by atoms with van der Waals surface area (Å²) in [5.74, 6) is -20.3. The Hall–Kier alpha value is -1.79. The molecule has 1 aromatic rings. The first kappa shape index (κ1) is 5.76. The maximum atomic E-state index is 14.1. The molecule has 4 atom stereocenters. The number of carbonyl (C=O) groups excluding carboxylic acids is 1. The second kappa shape index (κ2) is 9.56. The molecule has 6 heteroatoms. The fourth-order valence-electron chi connectivity index (χ4n) is 2.37. The monoisotopic (exact) mass is 448 g/mol. The molecule has 1 aromatic carbocycles. The Bertz CT molecular complexity index is 1890. The largest absolute Gasteiger partial charge is 0.493 e. The number of hydrogen-bond acceptors (Lipinski definition) is 6. The summed E-state index contributed by atoms with van der Waals surface area (Å²) >= 11 is 0. The van der Waals surface area contributed by atoms with E-state index in [9.17, 15) is 14.4 Å². The van der Waals surface area contributed by atoms with E-state index in [1.54, 1.807) is 0 Å². The van der Waals surface area contributed by atoms with Crippen LogP contribution in [0, 0.1) is 17.7 Å². The molecule has 3 unspecified atom stereocenters. The van der Waals surface area contributed by atoms with Gasteiger partial charge in [-0.3, -0.25) is 9.69 Å². The van der Waals surface area contributed by atoms with Gasteiger partial charge in [0, 0.05) is 65.5 Å². The highest BCUT2D eigenvalue weighted by Gasteiger charge is 2.41. The minimum Gasteiger partial charge on any atom is -0.493 e. The van der Waals surface area contributed by atoms with E-state index in [4.69, 9.17) is 51.5 Å². The Morgan fingerprint density at radius 3 is 2.80 bits per heavy atom. The normalized spacial score (nSPS) is 57.6. The van der Waals surface area contributed by atoms with Gasteiger partial charge >= 0.3 is 5.97 Å². The van der Waals surface area contributed by atoms with Crippen molar-refractivity contribution >= 4 is 5.97 Å². The number of hydrogen-bond donors (Lipinski definition) is 1. The summed E-state index contributed by atoms with van der Waals surface area (Å²) in [6.45, 7) is -27.8. The van der Waals surface area contributed by atoms with E-state index < -0.39 is 141 Å². The molecule has 0 aromatic heterocycles. The van der Waals surface area contributed by atoms with Gasteiger partial charge in [-0.2, -0.15) is 0 Å². The molecule has 1 fully saturated rings. The molecule has 3 rings (SSSR count). The molecule has 0 spiro atoms. The summed E-state index contributed by atoms with van der Waals surface area (Å²) < 4.78 is 271. The molecule has 30 heavy (non-hydrogen) atoms. The smallest absolute Gasteiger partial charge is 0.323 e. The number of rotatable bonds is 7. The molecule has 1 saturated heterocycles. The van der Waals surface area contributed by atoms with E-state index in [2.05, 4.69) is 0 Å². The van der Waals surface area contributed by atoms with E-state index in [-0.39, 0.29) is 0 Å². The maximum Gasteiger partial charge on any atom is 0.323 e. The topological polar surface area (TPSA) is 74.0 Å².